The highest BCUT2D eigenvalue weighted by molar-refractivity contribution is 7.98. The second-order valence-corrected chi connectivity index (χ2v) is 6.33. The Balaban J connectivity index is 1.36. The molecule has 0 atom stereocenters. The zero-order chi connectivity index (χ0) is 17.8. The molecular weight excluding hydrogens is 354 g/mol. The van der Waals surface area contributed by atoms with Gasteiger partial charge in [0, 0.05) is 5.56 Å². The third-order valence-corrected chi connectivity index (χ3v) is 4.42. The summed E-state index contributed by atoms with van der Waals surface area (Å²) in [5.41, 5.74) is 2.20. The minimum Gasteiger partial charge on any atom is -0.414 e. The van der Waals surface area contributed by atoms with Gasteiger partial charge in [-0.2, -0.15) is 10.1 Å². The lowest BCUT2D eigenvalue weighted by Crippen LogP contribution is -1.99. The van der Waals surface area contributed by atoms with E-state index in [1.54, 1.807) is 11.0 Å². The van der Waals surface area contributed by atoms with Crippen molar-refractivity contribution in [3.05, 3.63) is 54.3 Å². The predicted molar refractivity (Wildman–Crippen MR) is 92.1 cm³/mol. The normalized spacial score (nSPS) is 11.1. The van der Waals surface area contributed by atoms with Crippen molar-refractivity contribution in [2.75, 3.05) is 0 Å². The quantitative estimate of drug-likeness (QED) is 0.454. The van der Waals surface area contributed by atoms with Gasteiger partial charge >= 0.3 is 0 Å². The molecule has 4 aromatic rings. The van der Waals surface area contributed by atoms with Crippen molar-refractivity contribution in [2.24, 2.45) is 0 Å². The van der Waals surface area contributed by atoms with E-state index in [1.807, 2.05) is 12.1 Å². The molecule has 0 N–H and O–H groups in total. The van der Waals surface area contributed by atoms with Crippen LogP contribution in [-0.2, 0) is 18.7 Å². The highest BCUT2D eigenvalue weighted by atomic mass is 32.2. The standard InChI is InChI=1S/C16H15N7O2S/c1-2-11-3-5-12(6-4-11)15-19-14(25-22-15)8-26-16-21-20-13(24-16)7-23-10-17-9-18-23/h3-6,9-10H,2,7-8H2,1H3. The lowest BCUT2D eigenvalue weighted by atomic mass is 10.1. The van der Waals surface area contributed by atoms with Crippen LogP contribution in [0.5, 0.6) is 0 Å². The Morgan fingerprint density at radius 2 is 2.00 bits per heavy atom. The molecule has 0 amide bonds. The van der Waals surface area contributed by atoms with Crippen LogP contribution in [0.2, 0.25) is 0 Å². The van der Waals surface area contributed by atoms with Gasteiger partial charge in [0.15, 0.2) is 0 Å². The fourth-order valence-electron chi connectivity index (χ4n) is 2.26. The van der Waals surface area contributed by atoms with Crippen LogP contribution >= 0.6 is 11.8 Å². The van der Waals surface area contributed by atoms with Crippen LogP contribution in [0.4, 0.5) is 0 Å². The molecule has 0 spiro atoms. The lowest BCUT2D eigenvalue weighted by molar-refractivity contribution is 0.386. The van der Waals surface area contributed by atoms with Crippen molar-refractivity contribution in [2.45, 2.75) is 30.9 Å². The van der Waals surface area contributed by atoms with E-state index in [0.717, 1.165) is 12.0 Å². The molecule has 0 aliphatic heterocycles. The van der Waals surface area contributed by atoms with Crippen molar-refractivity contribution >= 4 is 11.8 Å². The van der Waals surface area contributed by atoms with Gasteiger partial charge < -0.3 is 8.94 Å². The highest BCUT2D eigenvalue weighted by Crippen LogP contribution is 2.23. The van der Waals surface area contributed by atoms with Gasteiger partial charge in [-0.1, -0.05) is 48.1 Å². The molecule has 0 saturated heterocycles. The van der Waals surface area contributed by atoms with Crippen LogP contribution in [-0.4, -0.2) is 35.1 Å². The zero-order valence-corrected chi connectivity index (χ0v) is 14.8. The van der Waals surface area contributed by atoms with Crippen molar-refractivity contribution in [1.82, 2.24) is 35.1 Å². The number of rotatable bonds is 7. The van der Waals surface area contributed by atoms with Crippen LogP contribution in [0.15, 0.2) is 51.1 Å². The SMILES string of the molecule is CCc1ccc(-c2noc(CSc3nnc(Cn4cncn4)o3)n2)cc1. The summed E-state index contributed by atoms with van der Waals surface area (Å²) in [6.45, 7) is 2.50. The zero-order valence-electron chi connectivity index (χ0n) is 13.9. The smallest absolute Gasteiger partial charge is 0.277 e. The molecule has 10 heteroatoms. The molecule has 0 radical (unpaired) electrons. The number of nitrogens with zero attached hydrogens (tertiary/aromatic N) is 7. The van der Waals surface area contributed by atoms with Gasteiger partial charge in [-0.05, 0) is 12.0 Å². The number of hydrogen-bond donors (Lipinski definition) is 0. The Bertz CT molecular complexity index is 963. The number of hydrogen-bond acceptors (Lipinski definition) is 9. The summed E-state index contributed by atoms with van der Waals surface area (Å²) in [7, 11) is 0. The Morgan fingerprint density at radius 3 is 2.77 bits per heavy atom. The second kappa shape index (κ2) is 7.48. The fraction of sp³-hybridized carbons (Fsp3) is 0.250. The van der Waals surface area contributed by atoms with Crippen molar-refractivity contribution in [1.29, 1.82) is 0 Å². The first-order chi connectivity index (χ1) is 12.8. The lowest BCUT2D eigenvalue weighted by Gasteiger charge is -1.97. The van der Waals surface area contributed by atoms with Gasteiger partial charge in [0.25, 0.3) is 5.22 Å². The molecule has 0 bridgehead atoms. The molecule has 26 heavy (non-hydrogen) atoms. The molecule has 0 aliphatic carbocycles. The Hall–Kier alpha value is -3.01. The average Bonchev–Trinajstić information content (AvgIpc) is 3.43. The molecule has 0 aliphatic rings. The molecule has 9 nitrogen and oxygen atoms in total. The molecule has 3 aromatic heterocycles. The first-order valence-corrected chi connectivity index (χ1v) is 8.98. The van der Waals surface area contributed by atoms with E-state index in [9.17, 15) is 0 Å². The van der Waals surface area contributed by atoms with Crippen LogP contribution in [0.25, 0.3) is 11.4 Å². The fourth-order valence-corrected chi connectivity index (χ4v) is 2.88. The van der Waals surface area contributed by atoms with Crippen LogP contribution in [0.1, 0.15) is 24.3 Å². The van der Waals surface area contributed by atoms with Gasteiger partial charge in [-0.25, -0.2) is 9.67 Å². The second-order valence-electron chi connectivity index (χ2n) is 5.41. The summed E-state index contributed by atoms with van der Waals surface area (Å²) in [6.07, 6.45) is 4.04. The van der Waals surface area contributed by atoms with E-state index in [-0.39, 0.29) is 0 Å². The average molecular weight is 369 g/mol. The predicted octanol–water partition coefficient (Wildman–Crippen LogP) is 2.61. The first-order valence-electron chi connectivity index (χ1n) is 7.99. The maximum absolute atomic E-state index is 5.56. The van der Waals surface area contributed by atoms with Gasteiger partial charge in [-0.15, -0.1) is 10.2 Å². The minimum atomic E-state index is 0.381. The number of benzene rings is 1. The summed E-state index contributed by atoms with van der Waals surface area (Å²) in [4.78, 5) is 8.28. The number of aromatic nitrogens is 7. The van der Waals surface area contributed by atoms with Crippen LogP contribution in [0.3, 0.4) is 0 Å². The van der Waals surface area contributed by atoms with Crippen molar-refractivity contribution < 1.29 is 8.94 Å². The largest absolute Gasteiger partial charge is 0.414 e. The molecule has 0 fully saturated rings. The van der Waals surface area contributed by atoms with E-state index in [1.165, 1.54) is 23.7 Å². The summed E-state index contributed by atoms with van der Waals surface area (Å²) in [5.74, 6) is 1.98. The Labute approximate surface area is 152 Å². The van der Waals surface area contributed by atoms with Gasteiger partial charge in [-0.3, -0.25) is 0 Å². The monoisotopic (exact) mass is 369 g/mol. The maximum atomic E-state index is 5.56. The van der Waals surface area contributed by atoms with E-state index in [2.05, 4.69) is 49.5 Å². The summed E-state index contributed by atoms with van der Waals surface area (Å²) < 4.78 is 12.5. The van der Waals surface area contributed by atoms with E-state index < -0.39 is 0 Å². The number of aryl methyl sites for hydroxylation is 1. The van der Waals surface area contributed by atoms with E-state index in [0.29, 0.717) is 35.1 Å². The molecule has 132 valence electrons. The maximum Gasteiger partial charge on any atom is 0.277 e. The van der Waals surface area contributed by atoms with Crippen LogP contribution < -0.4 is 0 Å². The molecule has 4 rings (SSSR count). The third-order valence-electron chi connectivity index (χ3n) is 3.62. The summed E-state index contributed by atoms with van der Waals surface area (Å²) in [5, 5.41) is 16.4. The topological polar surface area (TPSA) is 109 Å². The molecular formula is C16H15N7O2S. The van der Waals surface area contributed by atoms with Crippen molar-refractivity contribution in [3.63, 3.8) is 0 Å². The molecule has 3 heterocycles. The Morgan fingerprint density at radius 1 is 1.12 bits per heavy atom. The Kier molecular flexibility index (Phi) is 4.73. The van der Waals surface area contributed by atoms with Gasteiger partial charge in [0.05, 0.1) is 5.75 Å². The van der Waals surface area contributed by atoms with Gasteiger partial charge in [0.1, 0.15) is 19.2 Å². The van der Waals surface area contributed by atoms with Crippen LogP contribution in [0, 0.1) is 0 Å². The van der Waals surface area contributed by atoms with Gasteiger partial charge in [0.2, 0.25) is 17.6 Å². The van der Waals surface area contributed by atoms with E-state index >= 15 is 0 Å². The van der Waals surface area contributed by atoms with E-state index in [4.69, 9.17) is 8.94 Å². The molecule has 0 unspecified atom stereocenters. The number of thioether (sulfide) groups is 1. The first kappa shape index (κ1) is 16.5. The highest BCUT2D eigenvalue weighted by Gasteiger charge is 2.12. The molecule has 0 saturated carbocycles. The molecule has 1 aromatic carbocycles. The summed E-state index contributed by atoms with van der Waals surface area (Å²) >= 11 is 1.34. The third kappa shape index (κ3) is 3.80. The minimum absolute atomic E-state index is 0.381. The van der Waals surface area contributed by atoms with Crippen molar-refractivity contribution in [3.8, 4) is 11.4 Å². The summed E-state index contributed by atoms with van der Waals surface area (Å²) in [6, 6.07) is 8.12.